The second kappa shape index (κ2) is 8.75. The molecule has 1 aromatic heterocycles. The molecule has 4 rings (SSSR count). The van der Waals surface area contributed by atoms with Crippen molar-refractivity contribution in [3.8, 4) is 28.4 Å². The van der Waals surface area contributed by atoms with Crippen molar-refractivity contribution >= 4 is 11.6 Å². The van der Waals surface area contributed by atoms with Gasteiger partial charge < -0.3 is 14.8 Å². The third-order valence-electron chi connectivity index (χ3n) is 5.02. The van der Waals surface area contributed by atoms with Crippen LogP contribution in [0.15, 0.2) is 79.0 Å². The molecule has 31 heavy (non-hydrogen) atoms. The molecule has 0 saturated heterocycles. The molecule has 1 heterocycles. The minimum atomic E-state index is -0.257. The largest absolute Gasteiger partial charge is 0.493 e. The molecule has 1 amide bonds. The Morgan fingerprint density at radius 2 is 1.61 bits per heavy atom. The highest BCUT2D eigenvalue weighted by Crippen LogP contribution is 2.31. The van der Waals surface area contributed by atoms with Crippen LogP contribution in [-0.2, 0) is 0 Å². The van der Waals surface area contributed by atoms with E-state index in [1.54, 1.807) is 43.3 Å². The van der Waals surface area contributed by atoms with Gasteiger partial charge in [0.05, 0.1) is 25.5 Å². The Kier molecular flexibility index (Phi) is 5.71. The number of hydrogen-bond acceptors (Lipinski definition) is 4. The Bertz CT molecular complexity index is 1220. The van der Waals surface area contributed by atoms with Gasteiger partial charge in [-0.2, -0.15) is 5.10 Å². The molecule has 0 atom stereocenters. The van der Waals surface area contributed by atoms with Gasteiger partial charge in [0.1, 0.15) is 5.69 Å². The molecule has 6 heteroatoms. The Labute approximate surface area is 181 Å². The van der Waals surface area contributed by atoms with Crippen LogP contribution in [0.4, 0.5) is 5.69 Å². The number of nitrogens with one attached hydrogen (secondary N) is 1. The fraction of sp³-hybridized carbons (Fsp3) is 0.120. The van der Waals surface area contributed by atoms with E-state index in [1.807, 2.05) is 61.5 Å². The highest BCUT2D eigenvalue weighted by molar-refractivity contribution is 6.08. The Balaban J connectivity index is 1.75. The molecule has 0 aliphatic rings. The van der Waals surface area contributed by atoms with Gasteiger partial charge in [-0.3, -0.25) is 4.79 Å². The number of ether oxygens (including phenoxy) is 2. The number of aryl methyl sites for hydroxylation is 1. The lowest BCUT2D eigenvalue weighted by atomic mass is 10.0. The maximum Gasteiger partial charge on any atom is 0.259 e. The smallest absolute Gasteiger partial charge is 0.259 e. The van der Waals surface area contributed by atoms with Gasteiger partial charge in [0, 0.05) is 23.5 Å². The van der Waals surface area contributed by atoms with E-state index in [0.717, 1.165) is 16.8 Å². The summed E-state index contributed by atoms with van der Waals surface area (Å²) in [4.78, 5) is 13.3. The summed E-state index contributed by atoms with van der Waals surface area (Å²) in [6.45, 7) is 2.01. The third kappa shape index (κ3) is 4.14. The number of anilines is 1. The lowest BCUT2D eigenvalue weighted by molar-refractivity contribution is 0.102. The van der Waals surface area contributed by atoms with E-state index in [-0.39, 0.29) is 5.91 Å². The SMILES string of the molecule is COc1ccc(NC(=O)c2cn(-c3ccccc3)nc2-c2ccccc2C)cc1OC. The van der Waals surface area contributed by atoms with Gasteiger partial charge in [-0.15, -0.1) is 0 Å². The summed E-state index contributed by atoms with van der Waals surface area (Å²) in [7, 11) is 3.13. The van der Waals surface area contributed by atoms with E-state index in [1.165, 1.54) is 0 Å². The Hall–Kier alpha value is -4.06. The molecule has 0 fully saturated rings. The number of carbonyl (C=O) groups excluding carboxylic acids is 1. The third-order valence-corrected chi connectivity index (χ3v) is 5.02. The van der Waals surface area contributed by atoms with Crippen LogP contribution in [0.3, 0.4) is 0 Å². The maximum atomic E-state index is 13.3. The summed E-state index contributed by atoms with van der Waals surface area (Å²) in [5.74, 6) is 0.880. The number of para-hydroxylation sites is 1. The standard InChI is InChI=1S/C25H23N3O3/c1-17-9-7-8-12-20(17)24-21(16-28(27-24)19-10-5-4-6-11-19)25(29)26-18-13-14-22(30-2)23(15-18)31-3/h4-16H,1-3H3,(H,26,29). The van der Waals surface area contributed by atoms with Crippen LogP contribution in [0.2, 0.25) is 0 Å². The molecule has 156 valence electrons. The maximum absolute atomic E-state index is 13.3. The van der Waals surface area contributed by atoms with Crippen molar-refractivity contribution in [1.82, 2.24) is 9.78 Å². The monoisotopic (exact) mass is 413 g/mol. The average molecular weight is 413 g/mol. The summed E-state index contributed by atoms with van der Waals surface area (Å²) in [5.41, 5.74) is 4.54. The van der Waals surface area contributed by atoms with Crippen LogP contribution < -0.4 is 14.8 Å². The second-order valence-corrected chi connectivity index (χ2v) is 7.01. The zero-order chi connectivity index (χ0) is 21.8. The highest BCUT2D eigenvalue weighted by atomic mass is 16.5. The molecule has 6 nitrogen and oxygen atoms in total. The first kappa shape index (κ1) is 20.2. The quantitative estimate of drug-likeness (QED) is 0.477. The van der Waals surface area contributed by atoms with Crippen molar-refractivity contribution in [2.75, 3.05) is 19.5 Å². The number of hydrogen-bond donors (Lipinski definition) is 1. The molecule has 0 bridgehead atoms. The number of nitrogens with zero attached hydrogens (tertiary/aromatic N) is 2. The zero-order valence-corrected chi connectivity index (χ0v) is 17.6. The topological polar surface area (TPSA) is 65.4 Å². The predicted molar refractivity (Wildman–Crippen MR) is 121 cm³/mol. The molecule has 4 aromatic rings. The first-order valence-electron chi connectivity index (χ1n) is 9.85. The summed E-state index contributed by atoms with van der Waals surface area (Å²) in [6, 6.07) is 22.9. The van der Waals surface area contributed by atoms with Crippen molar-refractivity contribution in [3.63, 3.8) is 0 Å². The Morgan fingerprint density at radius 1 is 0.903 bits per heavy atom. The minimum Gasteiger partial charge on any atom is -0.493 e. The van der Waals surface area contributed by atoms with Gasteiger partial charge in [-0.05, 0) is 36.8 Å². The molecule has 0 unspecified atom stereocenters. The number of aromatic nitrogens is 2. The summed E-state index contributed by atoms with van der Waals surface area (Å²) >= 11 is 0. The number of rotatable bonds is 6. The fourth-order valence-corrected chi connectivity index (χ4v) is 3.40. The van der Waals surface area contributed by atoms with Crippen molar-refractivity contribution < 1.29 is 14.3 Å². The number of methoxy groups -OCH3 is 2. The van der Waals surface area contributed by atoms with E-state index in [0.29, 0.717) is 28.4 Å². The number of amides is 1. The van der Waals surface area contributed by atoms with Crippen molar-refractivity contribution in [1.29, 1.82) is 0 Å². The van der Waals surface area contributed by atoms with E-state index in [9.17, 15) is 4.79 Å². The molecular weight excluding hydrogens is 390 g/mol. The molecule has 3 aromatic carbocycles. The van der Waals surface area contributed by atoms with Crippen LogP contribution in [0, 0.1) is 6.92 Å². The van der Waals surface area contributed by atoms with Crippen LogP contribution in [0.5, 0.6) is 11.5 Å². The van der Waals surface area contributed by atoms with Gasteiger partial charge in [-0.25, -0.2) is 4.68 Å². The van der Waals surface area contributed by atoms with E-state index in [4.69, 9.17) is 14.6 Å². The summed E-state index contributed by atoms with van der Waals surface area (Å²) in [5, 5.41) is 7.70. The van der Waals surface area contributed by atoms with Crippen molar-refractivity contribution in [3.05, 3.63) is 90.1 Å². The lowest BCUT2D eigenvalue weighted by Gasteiger charge is -2.11. The van der Waals surface area contributed by atoms with E-state index < -0.39 is 0 Å². The Morgan fingerprint density at radius 3 is 2.32 bits per heavy atom. The van der Waals surface area contributed by atoms with Gasteiger partial charge in [0.2, 0.25) is 0 Å². The minimum absolute atomic E-state index is 0.257. The molecular formula is C25H23N3O3. The lowest BCUT2D eigenvalue weighted by Crippen LogP contribution is -2.12. The second-order valence-electron chi connectivity index (χ2n) is 7.01. The molecule has 0 aliphatic carbocycles. The average Bonchev–Trinajstić information content (AvgIpc) is 3.25. The normalized spacial score (nSPS) is 10.5. The van der Waals surface area contributed by atoms with E-state index >= 15 is 0 Å². The van der Waals surface area contributed by atoms with Crippen LogP contribution in [0.25, 0.3) is 16.9 Å². The van der Waals surface area contributed by atoms with Crippen LogP contribution in [-0.4, -0.2) is 29.9 Å². The molecule has 0 spiro atoms. The van der Waals surface area contributed by atoms with Gasteiger partial charge in [0.25, 0.3) is 5.91 Å². The van der Waals surface area contributed by atoms with Gasteiger partial charge >= 0.3 is 0 Å². The van der Waals surface area contributed by atoms with E-state index in [2.05, 4.69) is 5.32 Å². The molecule has 1 N–H and O–H groups in total. The number of carbonyl (C=O) groups is 1. The summed E-state index contributed by atoms with van der Waals surface area (Å²) < 4.78 is 12.3. The predicted octanol–water partition coefficient (Wildman–Crippen LogP) is 5.12. The first-order chi connectivity index (χ1) is 15.1. The highest BCUT2D eigenvalue weighted by Gasteiger charge is 2.20. The number of benzene rings is 3. The van der Waals surface area contributed by atoms with Crippen LogP contribution >= 0.6 is 0 Å². The fourth-order valence-electron chi connectivity index (χ4n) is 3.40. The zero-order valence-electron chi connectivity index (χ0n) is 17.6. The van der Waals surface area contributed by atoms with Gasteiger partial charge in [-0.1, -0.05) is 42.5 Å². The van der Waals surface area contributed by atoms with Gasteiger partial charge in [0.15, 0.2) is 11.5 Å². The molecule has 0 radical (unpaired) electrons. The van der Waals surface area contributed by atoms with Crippen LogP contribution in [0.1, 0.15) is 15.9 Å². The summed E-state index contributed by atoms with van der Waals surface area (Å²) in [6.07, 6.45) is 1.76. The van der Waals surface area contributed by atoms with Crippen molar-refractivity contribution in [2.24, 2.45) is 0 Å². The molecule has 0 saturated carbocycles. The first-order valence-corrected chi connectivity index (χ1v) is 9.85. The molecule has 0 aliphatic heterocycles. The van der Waals surface area contributed by atoms with Crippen molar-refractivity contribution in [2.45, 2.75) is 6.92 Å².